The molecule has 1 N–H and O–H groups in total. The van der Waals surface area contributed by atoms with E-state index < -0.39 is 9.84 Å². The van der Waals surface area contributed by atoms with Crippen LogP contribution in [0.4, 0.5) is 0 Å². The zero-order chi connectivity index (χ0) is 16.6. The van der Waals surface area contributed by atoms with Gasteiger partial charge in [-0.3, -0.25) is 4.79 Å². The number of sulfone groups is 1. The van der Waals surface area contributed by atoms with Crippen molar-refractivity contribution in [3.05, 3.63) is 34.7 Å². The lowest BCUT2D eigenvalue weighted by Gasteiger charge is -2.31. The molecule has 1 unspecified atom stereocenters. The zero-order valence-electron chi connectivity index (χ0n) is 13.2. The fourth-order valence-corrected chi connectivity index (χ4v) is 5.04. The number of hydrogen-bond donors (Lipinski definition) is 1. The number of amides is 1. The van der Waals surface area contributed by atoms with E-state index in [2.05, 4.69) is 5.32 Å². The van der Waals surface area contributed by atoms with Crippen LogP contribution in [0.15, 0.2) is 24.3 Å². The van der Waals surface area contributed by atoms with Crippen molar-refractivity contribution in [2.75, 3.05) is 25.9 Å². The standard InChI is InChI=1S/C16H20N2O3S2/c1-11-9-18(8-7-17-11)16(19)15-13(10-23(2,20)21)12-5-3-4-6-14(12)22-15/h3-6,11,17H,7-10H2,1-2H3. The van der Waals surface area contributed by atoms with Gasteiger partial charge in [0.05, 0.1) is 10.6 Å². The van der Waals surface area contributed by atoms with Crippen LogP contribution in [0.2, 0.25) is 0 Å². The first-order valence-corrected chi connectivity index (χ1v) is 10.4. The van der Waals surface area contributed by atoms with Crippen molar-refractivity contribution in [3.63, 3.8) is 0 Å². The molecule has 124 valence electrons. The van der Waals surface area contributed by atoms with Gasteiger partial charge in [0.1, 0.15) is 0 Å². The summed E-state index contributed by atoms with van der Waals surface area (Å²) < 4.78 is 24.6. The molecule has 1 atom stereocenters. The summed E-state index contributed by atoms with van der Waals surface area (Å²) in [6.07, 6.45) is 1.21. The summed E-state index contributed by atoms with van der Waals surface area (Å²) in [5.74, 6) is -0.155. The quantitative estimate of drug-likeness (QED) is 0.916. The van der Waals surface area contributed by atoms with Crippen molar-refractivity contribution < 1.29 is 13.2 Å². The van der Waals surface area contributed by atoms with Crippen LogP contribution in [0, 0.1) is 0 Å². The Morgan fingerprint density at radius 1 is 1.39 bits per heavy atom. The minimum Gasteiger partial charge on any atom is -0.335 e. The summed E-state index contributed by atoms with van der Waals surface area (Å²) in [7, 11) is -3.21. The SMILES string of the molecule is CC1CN(C(=O)c2sc3ccccc3c2CS(C)(=O)=O)CCN1. The van der Waals surface area contributed by atoms with Crippen LogP contribution in [-0.2, 0) is 15.6 Å². The Kier molecular flexibility index (Phi) is 4.44. The highest BCUT2D eigenvalue weighted by atomic mass is 32.2. The number of nitrogens with one attached hydrogen (secondary N) is 1. The van der Waals surface area contributed by atoms with Crippen molar-refractivity contribution in [2.45, 2.75) is 18.7 Å². The normalized spacial score (nSPS) is 19.2. The highest BCUT2D eigenvalue weighted by Gasteiger charge is 2.27. The van der Waals surface area contributed by atoms with E-state index in [0.717, 1.165) is 16.6 Å². The predicted molar refractivity (Wildman–Crippen MR) is 93.7 cm³/mol. The van der Waals surface area contributed by atoms with Gasteiger partial charge in [-0.15, -0.1) is 11.3 Å². The van der Waals surface area contributed by atoms with E-state index >= 15 is 0 Å². The Morgan fingerprint density at radius 2 is 2.13 bits per heavy atom. The summed E-state index contributed by atoms with van der Waals surface area (Å²) >= 11 is 1.39. The molecule has 0 bridgehead atoms. The van der Waals surface area contributed by atoms with E-state index in [9.17, 15) is 13.2 Å². The predicted octanol–water partition coefficient (Wildman–Crippen LogP) is 1.88. The van der Waals surface area contributed by atoms with Crippen molar-refractivity contribution in [3.8, 4) is 0 Å². The molecule has 3 rings (SSSR count). The topological polar surface area (TPSA) is 66.5 Å². The molecule has 1 aliphatic rings. The molecule has 0 spiro atoms. The average Bonchev–Trinajstić information content (AvgIpc) is 2.83. The number of nitrogens with zero attached hydrogens (tertiary/aromatic N) is 1. The molecular formula is C16H20N2O3S2. The highest BCUT2D eigenvalue weighted by molar-refractivity contribution is 7.89. The molecule has 5 nitrogen and oxygen atoms in total. The van der Waals surface area contributed by atoms with Crippen LogP contribution in [0.25, 0.3) is 10.1 Å². The molecule has 2 heterocycles. The number of fused-ring (bicyclic) bond motifs is 1. The van der Waals surface area contributed by atoms with Gasteiger partial charge in [-0.25, -0.2) is 8.42 Å². The Labute approximate surface area is 140 Å². The lowest BCUT2D eigenvalue weighted by molar-refractivity contribution is 0.0713. The van der Waals surface area contributed by atoms with E-state index in [4.69, 9.17) is 0 Å². The van der Waals surface area contributed by atoms with Gasteiger partial charge in [0.15, 0.2) is 9.84 Å². The van der Waals surface area contributed by atoms with E-state index in [1.165, 1.54) is 17.6 Å². The van der Waals surface area contributed by atoms with Gasteiger partial charge in [-0.1, -0.05) is 18.2 Å². The second-order valence-corrected chi connectivity index (χ2v) is 9.27. The number of hydrogen-bond acceptors (Lipinski definition) is 5. The molecule has 7 heteroatoms. The average molecular weight is 352 g/mol. The van der Waals surface area contributed by atoms with Crippen LogP contribution in [0.3, 0.4) is 0 Å². The maximum Gasteiger partial charge on any atom is 0.264 e. The van der Waals surface area contributed by atoms with Gasteiger partial charge in [-0.05, 0) is 23.9 Å². The Balaban J connectivity index is 2.05. The fourth-order valence-electron chi connectivity index (χ4n) is 2.94. The number of piperazine rings is 1. The second kappa shape index (κ2) is 6.22. The van der Waals surface area contributed by atoms with Crippen LogP contribution in [0.5, 0.6) is 0 Å². The Bertz CT molecular complexity index is 842. The van der Waals surface area contributed by atoms with Crippen molar-refractivity contribution in [1.82, 2.24) is 10.2 Å². The monoisotopic (exact) mass is 352 g/mol. The molecule has 1 aromatic heterocycles. The van der Waals surface area contributed by atoms with E-state index in [1.807, 2.05) is 36.1 Å². The number of carbonyl (C=O) groups is 1. The molecule has 0 radical (unpaired) electrons. The molecule has 1 fully saturated rings. The molecule has 1 saturated heterocycles. The first-order valence-electron chi connectivity index (χ1n) is 7.56. The van der Waals surface area contributed by atoms with Gasteiger partial charge >= 0.3 is 0 Å². The largest absolute Gasteiger partial charge is 0.335 e. The first kappa shape index (κ1) is 16.4. The minimum absolute atomic E-state index is 0.0572. The van der Waals surface area contributed by atoms with E-state index in [1.54, 1.807) is 0 Å². The number of carbonyl (C=O) groups excluding carboxylic acids is 1. The van der Waals surface area contributed by atoms with Gasteiger partial charge in [0, 0.05) is 36.6 Å². The smallest absolute Gasteiger partial charge is 0.264 e. The maximum absolute atomic E-state index is 12.9. The van der Waals surface area contributed by atoms with Crippen molar-refractivity contribution in [2.24, 2.45) is 0 Å². The number of thiophene rings is 1. The van der Waals surface area contributed by atoms with Gasteiger partial charge < -0.3 is 10.2 Å². The van der Waals surface area contributed by atoms with Crippen LogP contribution >= 0.6 is 11.3 Å². The Morgan fingerprint density at radius 3 is 2.83 bits per heavy atom. The fraction of sp³-hybridized carbons (Fsp3) is 0.438. The van der Waals surface area contributed by atoms with E-state index in [0.29, 0.717) is 23.5 Å². The van der Waals surface area contributed by atoms with E-state index in [-0.39, 0.29) is 17.7 Å². The summed E-state index contributed by atoms with van der Waals surface area (Å²) in [6, 6.07) is 7.86. The molecule has 23 heavy (non-hydrogen) atoms. The molecule has 2 aromatic rings. The molecule has 0 saturated carbocycles. The zero-order valence-corrected chi connectivity index (χ0v) is 14.8. The molecule has 1 aromatic carbocycles. The second-order valence-electron chi connectivity index (χ2n) is 6.08. The summed E-state index contributed by atoms with van der Waals surface area (Å²) in [5.41, 5.74) is 0.643. The van der Waals surface area contributed by atoms with Crippen LogP contribution < -0.4 is 5.32 Å². The van der Waals surface area contributed by atoms with Gasteiger partial charge in [0.2, 0.25) is 0 Å². The maximum atomic E-state index is 12.9. The van der Waals surface area contributed by atoms with Gasteiger partial charge in [-0.2, -0.15) is 0 Å². The third kappa shape index (κ3) is 3.57. The first-order chi connectivity index (χ1) is 10.8. The van der Waals surface area contributed by atoms with Gasteiger partial charge in [0.25, 0.3) is 5.91 Å². The third-order valence-corrected chi connectivity index (χ3v) is 5.97. The molecule has 1 aliphatic heterocycles. The van der Waals surface area contributed by atoms with Crippen LogP contribution in [0.1, 0.15) is 22.2 Å². The third-order valence-electron chi connectivity index (χ3n) is 3.96. The lowest BCUT2D eigenvalue weighted by atomic mass is 10.1. The highest BCUT2D eigenvalue weighted by Crippen LogP contribution is 2.33. The number of benzene rings is 1. The summed E-state index contributed by atoms with van der Waals surface area (Å²) in [6.45, 7) is 4.10. The molecule has 1 amide bonds. The summed E-state index contributed by atoms with van der Waals surface area (Å²) in [5, 5.41) is 4.18. The summed E-state index contributed by atoms with van der Waals surface area (Å²) in [4.78, 5) is 15.3. The number of rotatable bonds is 3. The Hall–Kier alpha value is -1.44. The molecule has 0 aliphatic carbocycles. The van der Waals surface area contributed by atoms with Crippen molar-refractivity contribution >= 4 is 37.2 Å². The minimum atomic E-state index is -3.21. The molecular weight excluding hydrogens is 332 g/mol. The van der Waals surface area contributed by atoms with Crippen LogP contribution in [-0.4, -0.2) is 51.2 Å². The van der Waals surface area contributed by atoms with Crippen molar-refractivity contribution in [1.29, 1.82) is 0 Å². The lowest BCUT2D eigenvalue weighted by Crippen LogP contribution is -2.51.